The second-order valence-corrected chi connectivity index (χ2v) is 6.14. The molecular formula is C19H18N6O2. The molecule has 0 unspecified atom stereocenters. The number of rotatable bonds is 4. The minimum atomic E-state index is -0.281. The Morgan fingerprint density at radius 3 is 2.63 bits per heavy atom. The summed E-state index contributed by atoms with van der Waals surface area (Å²) in [5.74, 6) is 0.252. The van der Waals surface area contributed by atoms with Crippen molar-refractivity contribution in [1.29, 1.82) is 0 Å². The first-order valence-corrected chi connectivity index (χ1v) is 8.29. The molecule has 8 heteroatoms. The highest BCUT2D eigenvalue weighted by Crippen LogP contribution is 2.29. The molecule has 8 nitrogen and oxygen atoms in total. The van der Waals surface area contributed by atoms with Gasteiger partial charge in [-0.1, -0.05) is 12.1 Å². The molecule has 2 aromatic heterocycles. The lowest BCUT2D eigenvalue weighted by Gasteiger charge is -2.09. The van der Waals surface area contributed by atoms with Crippen molar-refractivity contribution < 1.29 is 9.63 Å². The minimum Gasteiger partial charge on any atom is -0.383 e. The predicted octanol–water partition coefficient (Wildman–Crippen LogP) is 2.09. The smallest absolute Gasteiger partial charge is 0.274 e. The number of carbonyl (C=O) groups excluding carboxylic acids is 1. The number of benzene rings is 2. The fourth-order valence-corrected chi connectivity index (χ4v) is 3.20. The lowest BCUT2D eigenvalue weighted by atomic mass is 10.1. The molecule has 0 spiro atoms. The summed E-state index contributed by atoms with van der Waals surface area (Å²) in [7, 11) is 1.40. The van der Waals surface area contributed by atoms with Crippen molar-refractivity contribution in [1.82, 2.24) is 20.0 Å². The fourth-order valence-electron chi connectivity index (χ4n) is 3.20. The highest BCUT2D eigenvalue weighted by atomic mass is 16.6. The van der Waals surface area contributed by atoms with Crippen LogP contribution in [-0.2, 0) is 11.4 Å². The van der Waals surface area contributed by atoms with Crippen LogP contribution in [0, 0.1) is 0 Å². The molecule has 0 aliphatic rings. The van der Waals surface area contributed by atoms with Gasteiger partial charge in [0.25, 0.3) is 5.91 Å². The zero-order valence-corrected chi connectivity index (χ0v) is 14.6. The molecule has 5 N–H and O–H groups in total. The number of carbonyl (C=O) groups is 1. The maximum absolute atomic E-state index is 11.8. The summed E-state index contributed by atoms with van der Waals surface area (Å²) >= 11 is 0. The molecule has 0 atom stereocenters. The first-order chi connectivity index (χ1) is 13.1. The molecule has 0 saturated carbocycles. The average Bonchev–Trinajstić information content (AvgIpc) is 3.04. The quantitative estimate of drug-likeness (QED) is 0.478. The van der Waals surface area contributed by atoms with Gasteiger partial charge in [-0.15, -0.1) is 0 Å². The maximum Gasteiger partial charge on any atom is 0.274 e. The molecular weight excluding hydrogens is 344 g/mol. The molecule has 0 aliphatic carbocycles. The molecule has 27 heavy (non-hydrogen) atoms. The zero-order valence-electron chi connectivity index (χ0n) is 14.6. The van der Waals surface area contributed by atoms with Gasteiger partial charge >= 0.3 is 0 Å². The number of nitrogens with one attached hydrogen (secondary N) is 1. The number of fused-ring (bicyclic) bond motifs is 3. The number of anilines is 2. The van der Waals surface area contributed by atoms with Crippen LogP contribution in [0.4, 0.5) is 11.8 Å². The number of hydroxylamine groups is 1. The summed E-state index contributed by atoms with van der Waals surface area (Å²) in [6.07, 6.45) is 1.99. The van der Waals surface area contributed by atoms with Gasteiger partial charge in [-0.3, -0.25) is 9.63 Å². The van der Waals surface area contributed by atoms with Crippen molar-refractivity contribution in [3.05, 3.63) is 59.8 Å². The number of hydrogen-bond acceptors (Lipinski definition) is 6. The van der Waals surface area contributed by atoms with E-state index in [1.807, 2.05) is 36.5 Å². The molecule has 0 aliphatic heterocycles. The summed E-state index contributed by atoms with van der Waals surface area (Å²) < 4.78 is 2.11. The van der Waals surface area contributed by atoms with Crippen molar-refractivity contribution in [2.24, 2.45) is 0 Å². The number of aromatic nitrogens is 3. The van der Waals surface area contributed by atoms with Crippen molar-refractivity contribution in [3.8, 4) is 0 Å². The van der Waals surface area contributed by atoms with Crippen molar-refractivity contribution in [3.63, 3.8) is 0 Å². The Morgan fingerprint density at radius 1 is 1.11 bits per heavy atom. The highest BCUT2D eigenvalue weighted by molar-refractivity contribution is 6.10. The average molecular weight is 362 g/mol. The van der Waals surface area contributed by atoms with Gasteiger partial charge in [0.1, 0.15) is 5.82 Å². The van der Waals surface area contributed by atoms with Gasteiger partial charge in [0.15, 0.2) is 0 Å². The standard InChI is InChI=1S/C19H18N6O2/c1-27-24-18(26)12-4-2-11(3-5-12)10-25-9-8-13-15(25)7-6-14-16(13)17(20)23-19(21)22-14/h2-9H,10H2,1H3,(H,24,26)(H4,20,21,22,23). The van der Waals surface area contributed by atoms with Crippen LogP contribution < -0.4 is 16.9 Å². The van der Waals surface area contributed by atoms with E-state index in [2.05, 4.69) is 24.9 Å². The normalized spacial score (nSPS) is 11.1. The molecule has 0 radical (unpaired) electrons. The van der Waals surface area contributed by atoms with E-state index >= 15 is 0 Å². The Kier molecular flexibility index (Phi) is 4.09. The van der Waals surface area contributed by atoms with Crippen LogP contribution in [0.25, 0.3) is 21.8 Å². The number of hydrogen-bond donors (Lipinski definition) is 3. The maximum atomic E-state index is 11.8. The number of nitrogens with zero attached hydrogens (tertiary/aromatic N) is 3. The number of nitrogens with two attached hydrogens (primary N) is 2. The Bertz CT molecular complexity index is 1150. The second-order valence-electron chi connectivity index (χ2n) is 6.14. The summed E-state index contributed by atoms with van der Waals surface area (Å²) in [6, 6.07) is 13.2. The third kappa shape index (κ3) is 3.02. The zero-order chi connectivity index (χ0) is 19.0. The van der Waals surface area contributed by atoms with Crippen LogP contribution in [0.3, 0.4) is 0 Å². The molecule has 2 heterocycles. The summed E-state index contributed by atoms with van der Waals surface area (Å²) in [5, 5.41) is 1.77. The summed E-state index contributed by atoms with van der Waals surface area (Å²) in [6.45, 7) is 0.650. The van der Waals surface area contributed by atoms with E-state index in [0.29, 0.717) is 17.9 Å². The van der Waals surface area contributed by atoms with E-state index in [-0.39, 0.29) is 11.9 Å². The van der Waals surface area contributed by atoms with E-state index in [9.17, 15) is 4.79 Å². The Morgan fingerprint density at radius 2 is 1.89 bits per heavy atom. The number of amides is 1. The molecule has 4 rings (SSSR count). The van der Waals surface area contributed by atoms with Gasteiger partial charge in [-0.25, -0.2) is 10.5 Å². The minimum absolute atomic E-state index is 0.163. The van der Waals surface area contributed by atoms with E-state index < -0.39 is 0 Å². The topological polar surface area (TPSA) is 121 Å². The first kappa shape index (κ1) is 16.8. The van der Waals surface area contributed by atoms with Gasteiger partial charge in [-0.2, -0.15) is 4.98 Å². The predicted molar refractivity (Wildman–Crippen MR) is 104 cm³/mol. The van der Waals surface area contributed by atoms with Crippen molar-refractivity contribution in [2.45, 2.75) is 6.54 Å². The van der Waals surface area contributed by atoms with Crippen molar-refractivity contribution >= 4 is 39.5 Å². The van der Waals surface area contributed by atoms with Crippen LogP contribution in [0.5, 0.6) is 0 Å². The van der Waals surface area contributed by atoms with E-state index in [1.54, 1.807) is 12.1 Å². The SMILES string of the molecule is CONC(=O)c1ccc(Cn2ccc3c4c(N)nc(N)nc4ccc32)cc1. The third-order valence-corrected chi connectivity index (χ3v) is 4.42. The van der Waals surface area contributed by atoms with Crippen LogP contribution >= 0.6 is 0 Å². The first-order valence-electron chi connectivity index (χ1n) is 8.29. The van der Waals surface area contributed by atoms with Crippen molar-refractivity contribution in [2.75, 3.05) is 18.6 Å². The van der Waals surface area contributed by atoms with Crippen LogP contribution in [0.2, 0.25) is 0 Å². The Labute approximate surface area is 154 Å². The van der Waals surface area contributed by atoms with E-state index in [0.717, 1.165) is 27.4 Å². The van der Waals surface area contributed by atoms with E-state index in [4.69, 9.17) is 11.5 Å². The molecule has 1 amide bonds. The molecule has 4 aromatic rings. The number of nitrogen functional groups attached to an aromatic ring is 2. The Hall–Kier alpha value is -3.65. The fraction of sp³-hybridized carbons (Fsp3) is 0.105. The monoisotopic (exact) mass is 362 g/mol. The molecule has 0 fully saturated rings. The van der Waals surface area contributed by atoms with Gasteiger partial charge in [0.05, 0.1) is 18.0 Å². The highest BCUT2D eigenvalue weighted by Gasteiger charge is 2.11. The van der Waals surface area contributed by atoms with Gasteiger partial charge in [-0.05, 0) is 35.9 Å². The Balaban J connectivity index is 1.69. The van der Waals surface area contributed by atoms with Gasteiger partial charge < -0.3 is 16.0 Å². The molecule has 136 valence electrons. The van der Waals surface area contributed by atoms with E-state index in [1.165, 1.54) is 7.11 Å². The second kappa shape index (κ2) is 6.58. The van der Waals surface area contributed by atoms with Gasteiger partial charge in [0, 0.05) is 29.2 Å². The molecule has 2 aromatic carbocycles. The van der Waals surface area contributed by atoms with Crippen LogP contribution in [0.15, 0.2) is 48.7 Å². The lowest BCUT2D eigenvalue weighted by molar-refractivity contribution is 0.0537. The van der Waals surface area contributed by atoms with Crippen LogP contribution in [-0.4, -0.2) is 27.6 Å². The summed E-state index contributed by atoms with van der Waals surface area (Å²) in [5.41, 5.74) is 17.4. The van der Waals surface area contributed by atoms with Gasteiger partial charge in [0.2, 0.25) is 5.95 Å². The summed E-state index contributed by atoms with van der Waals surface area (Å²) in [4.78, 5) is 24.7. The van der Waals surface area contributed by atoms with Crippen LogP contribution in [0.1, 0.15) is 15.9 Å². The molecule has 0 bridgehead atoms. The third-order valence-electron chi connectivity index (χ3n) is 4.42. The lowest BCUT2D eigenvalue weighted by Crippen LogP contribution is -2.21. The molecule has 0 saturated heterocycles. The largest absolute Gasteiger partial charge is 0.383 e.